The van der Waals surface area contributed by atoms with Crippen LogP contribution in [0.25, 0.3) is 0 Å². The molecule has 1 aromatic carbocycles. The highest BCUT2D eigenvalue weighted by Crippen LogP contribution is 2.20. The Balaban J connectivity index is 2.93. The average Bonchev–Trinajstić information content (AvgIpc) is 2.03. The SMILES string of the molecule is CC(C)(C)c1ccc([B]O)cc1. The van der Waals surface area contributed by atoms with Gasteiger partial charge in [-0.1, -0.05) is 50.5 Å². The molecule has 0 amide bonds. The Bertz CT molecular complexity index is 246. The molecule has 0 aliphatic rings. The normalized spacial score (nSPS) is 11.3. The van der Waals surface area contributed by atoms with E-state index in [0.29, 0.717) is 0 Å². The standard InChI is InChI=1S/C10H14BO/c1-10(2,3)8-4-6-9(11-12)7-5-8/h4-7,12H,1-3H3. The molecule has 0 heterocycles. The van der Waals surface area contributed by atoms with Gasteiger partial charge in [-0.15, -0.1) is 0 Å². The molecular weight excluding hydrogens is 147 g/mol. The zero-order valence-electron chi connectivity index (χ0n) is 7.83. The van der Waals surface area contributed by atoms with Crippen LogP contribution in [0.5, 0.6) is 0 Å². The lowest BCUT2D eigenvalue weighted by Crippen LogP contribution is -2.16. The van der Waals surface area contributed by atoms with Crippen molar-refractivity contribution in [1.82, 2.24) is 0 Å². The van der Waals surface area contributed by atoms with Crippen LogP contribution in [0, 0.1) is 0 Å². The predicted molar refractivity (Wildman–Crippen MR) is 52.7 cm³/mol. The van der Waals surface area contributed by atoms with Crippen molar-refractivity contribution in [3.63, 3.8) is 0 Å². The highest BCUT2D eigenvalue weighted by atomic mass is 16.2. The average molecular weight is 161 g/mol. The van der Waals surface area contributed by atoms with E-state index in [-0.39, 0.29) is 5.41 Å². The van der Waals surface area contributed by atoms with Crippen molar-refractivity contribution in [2.75, 3.05) is 0 Å². The van der Waals surface area contributed by atoms with Gasteiger partial charge in [0.2, 0.25) is 0 Å². The van der Waals surface area contributed by atoms with Gasteiger partial charge in [-0.3, -0.25) is 0 Å². The van der Waals surface area contributed by atoms with E-state index in [1.54, 1.807) is 0 Å². The third-order valence-electron chi connectivity index (χ3n) is 1.93. The molecule has 0 spiro atoms. The number of hydrogen-bond acceptors (Lipinski definition) is 1. The Morgan fingerprint density at radius 2 is 1.58 bits per heavy atom. The van der Waals surface area contributed by atoms with E-state index in [2.05, 4.69) is 20.8 Å². The Morgan fingerprint density at radius 1 is 1.08 bits per heavy atom. The summed E-state index contributed by atoms with van der Waals surface area (Å²) in [4.78, 5) is 0. The van der Waals surface area contributed by atoms with Crippen molar-refractivity contribution >= 4 is 12.9 Å². The van der Waals surface area contributed by atoms with Crippen LogP contribution in [0.1, 0.15) is 26.3 Å². The molecular formula is C10H14BO. The topological polar surface area (TPSA) is 20.2 Å². The predicted octanol–water partition coefficient (Wildman–Crippen LogP) is 1.22. The summed E-state index contributed by atoms with van der Waals surface area (Å²) >= 11 is 0. The van der Waals surface area contributed by atoms with Crippen LogP contribution in [0.4, 0.5) is 0 Å². The Morgan fingerprint density at radius 3 is 1.92 bits per heavy atom. The van der Waals surface area contributed by atoms with E-state index >= 15 is 0 Å². The molecule has 0 bridgehead atoms. The number of benzene rings is 1. The van der Waals surface area contributed by atoms with Gasteiger partial charge in [0.25, 0.3) is 0 Å². The monoisotopic (exact) mass is 161 g/mol. The van der Waals surface area contributed by atoms with Crippen LogP contribution < -0.4 is 5.46 Å². The summed E-state index contributed by atoms with van der Waals surface area (Å²) in [6, 6.07) is 7.92. The third kappa shape index (κ3) is 2.11. The highest BCUT2D eigenvalue weighted by Gasteiger charge is 2.12. The van der Waals surface area contributed by atoms with Gasteiger partial charge >= 0.3 is 7.48 Å². The van der Waals surface area contributed by atoms with Crippen molar-refractivity contribution in [3.8, 4) is 0 Å². The molecule has 0 atom stereocenters. The molecule has 0 unspecified atom stereocenters. The smallest absolute Gasteiger partial charge is 0.326 e. The lowest BCUT2D eigenvalue weighted by molar-refractivity contribution is 0.590. The lowest BCUT2D eigenvalue weighted by Gasteiger charge is -2.18. The molecule has 0 saturated heterocycles. The minimum Gasteiger partial charge on any atom is -0.450 e. The van der Waals surface area contributed by atoms with Crippen LogP contribution in [-0.4, -0.2) is 12.5 Å². The Hall–Kier alpha value is -0.755. The second-order valence-corrected chi connectivity index (χ2v) is 4.00. The zero-order chi connectivity index (χ0) is 9.19. The maximum absolute atomic E-state index is 8.71. The first-order chi connectivity index (χ1) is 5.54. The molecule has 1 radical (unpaired) electrons. The molecule has 63 valence electrons. The maximum Gasteiger partial charge on any atom is 0.326 e. The molecule has 0 aliphatic carbocycles. The molecule has 0 aliphatic heterocycles. The first-order valence-electron chi connectivity index (χ1n) is 4.12. The second kappa shape index (κ2) is 3.32. The molecule has 0 saturated carbocycles. The first-order valence-corrected chi connectivity index (χ1v) is 4.12. The molecule has 12 heavy (non-hydrogen) atoms. The largest absolute Gasteiger partial charge is 0.450 e. The van der Waals surface area contributed by atoms with Crippen LogP contribution in [0.2, 0.25) is 0 Å². The lowest BCUT2D eigenvalue weighted by atomic mass is 9.82. The van der Waals surface area contributed by atoms with Crippen LogP contribution >= 0.6 is 0 Å². The zero-order valence-corrected chi connectivity index (χ0v) is 7.83. The van der Waals surface area contributed by atoms with Gasteiger partial charge in [-0.2, -0.15) is 0 Å². The van der Waals surface area contributed by atoms with E-state index in [1.807, 2.05) is 24.3 Å². The summed E-state index contributed by atoms with van der Waals surface area (Å²) in [6.07, 6.45) is 0. The van der Waals surface area contributed by atoms with Gasteiger partial charge in [0.1, 0.15) is 0 Å². The Labute approximate surface area is 74.7 Å². The molecule has 1 nitrogen and oxygen atoms in total. The fourth-order valence-electron chi connectivity index (χ4n) is 1.07. The van der Waals surface area contributed by atoms with Gasteiger partial charge in [-0.25, -0.2) is 0 Å². The van der Waals surface area contributed by atoms with Crippen molar-refractivity contribution < 1.29 is 5.02 Å². The fraction of sp³-hybridized carbons (Fsp3) is 0.400. The highest BCUT2D eigenvalue weighted by molar-refractivity contribution is 6.45. The number of hydrogen-bond donors (Lipinski definition) is 1. The second-order valence-electron chi connectivity index (χ2n) is 4.00. The van der Waals surface area contributed by atoms with Crippen molar-refractivity contribution in [3.05, 3.63) is 29.8 Å². The van der Waals surface area contributed by atoms with E-state index in [0.717, 1.165) is 12.9 Å². The van der Waals surface area contributed by atoms with E-state index in [4.69, 9.17) is 5.02 Å². The van der Waals surface area contributed by atoms with Gasteiger partial charge < -0.3 is 5.02 Å². The van der Waals surface area contributed by atoms with Crippen molar-refractivity contribution in [2.24, 2.45) is 0 Å². The van der Waals surface area contributed by atoms with E-state index < -0.39 is 0 Å². The molecule has 0 fully saturated rings. The quantitative estimate of drug-likeness (QED) is 0.614. The van der Waals surface area contributed by atoms with Crippen LogP contribution in [-0.2, 0) is 5.41 Å². The molecule has 1 rings (SSSR count). The van der Waals surface area contributed by atoms with Crippen LogP contribution in [0.15, 0.2) is 24.3 Å². The maximum atomic E-state index is 8.71. The van der Waals surface area contributed by atoms with Gasteiger partial charge in [0, 0.05) is 0 Å². The summed E-state index contributed by atoms with van der Waals surface area (Å²) in [7, 11) is 1.12. The van der Waals surface area contributed by atoms with Gasteiger partial charge in [-0.05, 0) is 11.0 Å². The summed E-state index contributed by atoms with van der Waals surface area (Å²) in [5.74, 6) is 0. The van der Waals surface area contributed by atoms with Crippen molar-refractivity contribution in [1.29, 1.82) is 0 Å². The summed E-state index contributed by atoms with van der Waals surface area (Å²) < 4.78 is 0. The molecule has 1 N–H and O–H groups in total. The molecule has 1 aromatic rings. The van der Waals surface area contributed by atoms with E-state index in [9.17, 15) is 0 Å². The summed E-state index contributed by atoms with van der Waals surface area (Å²) in [5.41, 5.74) is 2.32. The molecule has 0 aromatic heterocycles. The molecule has 2 heteroatoms. The fourth-order valence-corrected chi connectivity index (χ4v) is 1.07. The summed E-state index contributed by atoms with van der Waals surface area (Å²) in [6.45, 7) is 6.51. The minimum absolute atomic E-state index is 0.188. The van der Waals surface area contributed by atoms with Gasteiger partial charge in [0.15, 0.2) is 0 Å². The minimum atomic E-state index is 0.188. The first kappa shape index (κ1) is 9.33. The van der Waals surface area contributed by atoms with Crippen LogP contribution in [0.3, 0.4) is 0 Å². The number of rotatable bonds is 1. The summed E-state index contributed by atoms with van der Waals surface area (Å²) in [5, 5.41) is 8.71. The van der Waals surface area contributed by atoms with E-state index in [1.165, 1.54) is 5.56 Å². The third-order valence-corrected chi connectivity index (χ3v) is 1.93. The Kier molecular flexibility index (Phi) is 2.58. The van der Waals surface area contributed by atoms with Gasteiger partial charge in [0.05, 0.1) is 0 Å². The van der Waals surface area contributed by atoms with Crippen molar-refractivity contribution in [2.45, 2.75) is 26.2 Å².